The van der Waals surface area contributed by atoms with Crippen molar-refractivity contribution in [2.75, 3.05) is 25.6 Å². The molecule has 0 aliphatic carbocycles. The number of phenols is 1. The van der Waals surface area contributed by atoms with Gasteiger partial charge in [-0.25, -0.2) is 15.0 Å². The molecular weight excluding hydrogens is 658 g/mol. The monoisotopic (exact) mass is 703 g/mol. The van der Waals surface area contributed by atoms with Gasteiger partial charge in [-0.1, -0.05) is 42.5 Å². The molecule has 17 heteroatoms. The third kappa shape index (κ3) is 15.1. The maximum atomic E-state index is 13.5. The topological polar surface area (TPSA) is 238 Å². The van der Waals surface area contributed by atoms with Gasteiger partial charge in [0, 0.05) is 42.7 Å². The molecule has 2 aromatic rings. The lowest BCUT2D eigenvalue weighted by molar-refractivity contribution is -0.139. The van der Waals surface area contributed by atoms with Crippen LogP contribution in [0.5, 0.6) is 5.75 Å². The molecule has 0 aliphatic rings. The Hall–Kier alpha value is -5.19. The molecule has 0 spiro atoms. The van der Waals surface area contributed by atoms with E-state index >= 15 is 0 Å². The minimum Gasteiger partial charge on any atom is -0.508 e. The second kappa shape index (κ2) is 19.0. The van der Waals surface area contributed by atoms with E-state index in [-0.39, 0.29) is 30.8 Å². The molecule has 0 fully saturated rings. The van der Waals surface area contributed by atoms with Gasteiger partial charge in [0.2, 0.25) is 17.7 Å². The average Bonchev–Trinajstić information content (AvgIpc) is 3.02. The van der Waals surface area contributed by atoms with E-state index in [1.165, 1.54) is 25.4 Å². The van der Waals surface area contributed by atoms with Crippen LogP contribution < -0.4 is 32.5 Å². The quantitative estimate of drug-likeness (QED) is 0.123. The van der Waals surface area contributed by atoms with Crippen LogP contribution in [-0.2, 0) is 47.6 Å². The van der Waals surface area contributed by atoms with Gasteiger partial charge >= 0.3 is 12.1 Å². The van der Waals surface area contributed by atoms with Crippen molar-refractivity contribution in [1.82, 2.24) is 31.7 Å². The second-order valence-corrected chi connectivity index (χ2v) is 13.7. The van der Waals surface area contributed by atoms with Crippen LogP contribution in [-0.4, -0.2) is 99.3 Å². The zero-order valence-electron chi connectivity index (χ0n) is 28.1. The molecule has 0 saturated heterocycles. The lowest BCUT2D eigenvalue weighted by atomic mass is 10.0. The number of carbonyl (C=O) groups excluding carboxylic acids is 6. The van der Waals surface area contributed by atoms with Crippen LogP contribution in [0.2, 0.25) is 0 Å². The zero-order valence-corrected chi connectivity index (χ0v) is 28.9. The number of ether oxygens (including phenoxy) is 1. The van der Waals surface area contributed by atoms with E-state index in [9.17, 15) is 38.1 Å². The molecule has 0 heterocycles. The Bertz CT molecular complexity index is 1480. The van der Waals surface area contributed by atoms with Crippen molar-refractivity contribution in [3.05, 3.63) is 65.7 Å². The number of rotatable bonds is 15. The Labute approximate surface area is 287 Å². The zero-order chi connectivity index (χ0) is 36.7. The molecule has 0 saturated carbocycles. The molecule has 8 N–H and O–H groups in total. The largest absolute Gasteiger partial charge is 0.508 e. The molecule has 1 unspecified atom stereocenters. The normalized spacial score (nSPS) is 13.4. The standard InChI is InChI=1S/C32H45N7O9S/c1-32(2,3)48-31(46)36-24(17-21-11-13-22(40)14-12-21)28(43)35-23(15-16-49(5)47)27(42)34-19-26(41)39(4)25(29(44)37-38-30(33)45)18-20-9-7-6-8-10-20/h6-14,23-25,40H,15-19H2,1-5H3,(H,34,42)(H,35,43)(H,36,46)(H,37,44)(H3,33,38,45)/t23-,24+,25+,49?/m1/s1. The summed E-state index contributed by atoms with van der Waals surface area (Å²) in [5.74, 6) is -2.92. The molecule has 0 bridgehead atoms. The number of nitrogens with one attached hydrogen (secondary N) is 5. The predicted molar refractivity (Wildman–Crippen MR) is 181 cm³/mol. The van der Waals surface area contributed by atoms with Gasteiger partial charge in [0.15, 0.2) is 0 Å². The summed E-state index contributed by atoms with van der Waals surface area (Å²) >= 11 is 0. The number of carbonyl (C=O) groups is 6. The van der Waals surface area contributed by atoms with Gasteiger partial charge < -0.3 is 36.4 Å². The fourth-order valence-electron chi connectivity index (χ4n) is 4.39. The van der Waals surface area contributed by atoms with Crippen molar-refractivity contribution in [2.45, 2.75) is 63.8 Å². The fraction of sp³-hybridized carbons (Fsp3) is 0.438. The summed E-state index contributed by atoms with van der Waals surface area (Å²) in [6, 6.07) is 10.1. The maximum absolute atomic E-state index is 13.5. The van der Waals surface area contributed by atoms with Crippen LogP contribution >= 0.6 is 0 Å². The minimum atomic E-state index is -1.34. The van der Waals surface area contributed by atoms with E-state index < -0.39 is 76.8 Å². The first kappa shape index (κ1) is 40.0. The summed E-state index contributed by atoms with van der Waals surface area (Å²) < 4.78 is 17.2. The summed E-state index contributed by atoms with van der Waals surface area (Å²) in [5.41, 5.74) is 9.61. The molecule has 0 aromatic heterocycles. The first-order valence-corrected chi connectivity index (χ1v) is 17.0. The molecule has 2 aromatic carbocycles. The SMILES string of the molecule is CN(C(=O)CNC(=O)[C@@H](CCS(C)=O)NC(=O)[C@H](Cc1ccc(O)cc1)NC(=O)OC(C)(C)C)[C@@H](Cc1ccccc1)C(=O)NNC(N)=O. The molecule has 4 atom stereocenters. The van der Waals surface area contributed by atoms with Gasteiger partial charge in [0.25, 0.3) is 5.91 Å². The highest BCUT2D eigenvalue weighted by Crippen LogP contribution is 2.13. The third-order valence-corrected chi connectivity index (χ3v) is 7.68. The molecule has 7 amide bonds. The molecular formula is C32H45N7O9S. The molecule has 0 aliphatic heterocycles. The molecule has 2 rings (SSSR count). The molecule has 49 heavy (non-hydrogen) atoms. The smallest absolute Gasteiger partial charge is 0.408 e. The second-order valence-electron chi connectivity index (χ2n) is 12.1. The Morgan fingerprint density at radius 1 is 0.857 bits per heavy atom. The number of aromatic hydroxyl groups is 1. The third-order valence-electron chi connectivity index (χ3n) is 6.87. The molecule has 16 nitrogen and oxygen atoms in total. The number of benzene rings is 2. The number of amides is 7. The highest BCUT2D eigenvalue weighted by Gasteiger charge is 2.31. The van der Waals surface area contributed by atoms with Crippen LogP contribution in [0.3, 0.4) is 0 Å². The summed E-state index contributed by atoms with van der Waals surface area (Å²) in [6.45, 7) is 4.38. The van der Waals surface area contributed by atoms with E-state index in [2.05, 4.69) is 21.4 Å². The van der Waals surface area contributed by atoms with Gasteiger partial charge in [0.1, 0.15) is 29.5 Å². The van der Waals surface area contributed by atoms with E-state index in [0.29, 0.717) is 11.1 Å². The number of urea groups is 1. The Balaban J connectivity index is 2.21. The van der Waals surface area contributed by atoms with E-state index in [0.717, 1.165) is 4.90 Å². The van der Waals surface area contributed by atoms with Crippen molar-refractivity contribution < 1.29 is 42.8 Å². The lowest BCUT2D eigenvalue weighted by Gasteiger charge is -2.28. The number of likely N-dealkylation sites (N-methyl/N-ethyl adjacent to an activating group) is 1. The van der Waals surface area contributed by atoms with Crippen LogP contribution in [0.4, 0.5) is 9.59 Å². The average molecular weight is 704 g/mol. The summed E-state index contributed by atoms with van der Waals surface area (Å²) in [4.78, 5) is 77.8. The fourth-order valence-corrected chi connectivity index (χ4v) is 4.95. The van der Waals surface area contributed by atoms with Gasteiger partial charge in [-0.15, -0.1) is 0 Å². The van der Waals surface area contributed by atoms with E-state index in [4.69, 9.17) is 10.5 Å². The number of nitrogens with two attached hydrogens (primary N) is 1. The first-order chi connectivity index (χ1) is 22.9. The summed E-state index contributed by atoms with van der Waals surface area (Å²) in [5, 5.41) is 17.2. The summed E-state index contributed by atoms with van der Waals surface area (Å²) in [6.07, 6.45) is 0.518. The number of hydrazine groups is 1. The van der Waals surface area contributed by atoms with Gasteiger partial charge in [-0.05, 0) is 50.5 Å². The van der Waals surface area contributed by atoms with E-state index in [1.54, 1.807) is 63.2 Å². The number of nitrogens with zero attached hydrogens (tertiary/aromatic N) is 1. The van der Waals surface area contributed by atoms with Crippen molar-refractivity contribution in [1.29, 1.82) is 0 Å². The van der Waals surface area contributed by atoms with E-state index in [1.807, 2.05) is 5.43 Å². The van der Waals surface area contributed by atoms with Crippen molar-refractivity contribution in [3.63, 3.8) is 0 Å². The van der Waals surface area contributed by atoms with Crippen LogP contribution in [0.1, 0.15) is 38.3 Å². The maximum Gasteiger partial charge on any atom is 0.408 e. The minimum absolute atomic E-state index is 0.00342. The molecule has 268 valence electrons. The lowest BCUT2D eigenvalue weighted by Crippen LogP contribution is -2.57. The molecule has 0 radical (unpaired) electrons. The number of phenolic OH excluding ortho intramolecular Hbond substituents is 1. The number of alkyl carbamates (subject to hydrolysis) is 1. The Morgan fingerprint density at radius 2 is 1.47 bits per heavy atom. The van der Waals surface area contributed by atoms with Crippen molar-refractivity contribution >= 4 is 46.6 Å². The van der Waals surface area contributed by atoms with Crippen molar-refractivity contribution in [3.8, 4) is 5.75 Å². The van der Waals surface area contributed by atoms with Crippen LogP contribution in [0.25, 0.3) is 0 Å². The Morgan fingerprint density at radius 3 is 2.04 bits per heavy atom. The first-order valence-electron chi connectivity index (χ1n) is 15.3. The van der Waals surface area contributed by atoms with Gasteiger partial charge in [-0.2, -0.15) is 0 Å². The summed E-state index contributed by atoms with van der Waals surface area (Å²) in [7, 11) is 0.00660. The number of hydrogen-bond donors (Lipinski definition) is 7. The van der Waals surface area contributed by atoms with Crippen LogP contribution in [0.15, 0.2) is 54.6 Å². The van der Waals surface area contributed by atoms with Gasteiger partial charge in [0.05, 0.1) is 6.54 Å². The number of primary amides is 1. The Kier molecular flexibility index (Phi) is 15.5. The van der Waals surface area contributed by atoms with Crippen molar-refractivity contribution in [2.24, 2.45) is 5.73 Å². The highest BCUT2D eigenvalue weighted by molar-refractivity contribution is 7.84. The predicted octanol–water partition coefficient (Wildman–Crippen LogP) is -0.0332. The van der Waals surface area contributed by atoms with Crippen LogP contribution in [0, 0.1) is 0 Å². The number of hydrogen-bond acceptors (Lipinski definition) is 9. The van der Waals surface area contributed by atoms with Gasteiger partial charge in [-0.3, -0.25) is 28.8 Å². The highest BCUT2D eigenvalue weighted by atomic mass is 32.2.